The Kier molecular flexibility index (Phi) is 4.21. The van der Waals surface area contributed by atoms with Gasteiger partial charge in [-0.15, -0.1) is 11.6 Å². The first-order chi connectivity index (χ1) is 10.1. The van der Waals surface area contributed by atoms with Crippen molar-refractivity contribution in [3.05, 3.63) is 24.2 Å². The number of aromatic nitrogens is 3. The maximum absolute atomic E-state index is 6.13. The van der Waals surface area contributed by atoms with E-state index < -0.39 is 0 Å². The van der Waals surface area contributed by atoms with E-state index >= 15 is 0 Å². The minimum absolute atomic E-state index is 0.403. The third-order valence-corrected chi connectivity index (χ3v) is 4.94. The lowest BCUT2D eigenvalue weighted by Gasteiger charge is -2.32. The molecule has 2 aromatic rings. The second-order valence-electron chi connectivity index (χ2n) is 6.90. The van der Waals surface area contributed by atoms with Gasteiger partial charge in [0.1, 0.15) is 11.3 Å². The summed E-state index contributed by atoms with van der Waals surface area (Å²) in [6.07, 6.45) is 8.47. The van der Waals surface area contributed by atoms with Crippen LogP contribution in [0.3, 0.4) is 0 Å². The summed E-state index contributed by atoms with van der Waals surface area (Å²) in [7, 11) is 0. The number of pyridine rings is 1. The number of rotatable bonds is 5. The molecule has 0 saturated heterocycles. The monoisotopic (exact) mass is 305 g/mol. The largest absolute Gasteiger partial charge is 0.311 e. The first-order valence-corrected chi connectivity index (χ1v) is 8.53. The Bertz CT molecular complexity index is 612. The molecule has 1 fully saturated rings. The highest BCUT2D eigenvalue weighted by atomic mass is 35.5. The molecule has 0 N–H and O–H groups in total. The molecule has 0 radical (unpaired) electrons. The van der Waals surface area contributed by atoms with Gasteiger partial charge in [0.2, 0.25) is 0 Å². The van der Waals surface area contributed by atoms with Crippen LogP contribution in [0.25, 0.3) is 11.2 Å². The molecule has 1 aliphatic carbocycles. The highest BCUT2D eigenvalue weighted by molar-refractivity contribution is 6.16. The average molecular weight is 306 g/mol. The molecule has 0 spiro atoms. The summed E-state index contributed by atoms with van der Waals surface area (Å²) in [5.74, 6) is 2.14. The summed E-state index contributed by atoms with van der Waals surface area (Å²) in [5.41, 5.74) is 2.36. The molecule has 0 amide bonds. The van der Waals surface area contributed by atoms with Gasteiger partial charge >= 0.3 is 0 Å². The van der Waals surface area contributed by atoms with E-state index in [0.29, 0.717) is 11.3 Å². The Balaban J connectivity index is 1.99. The van der Waals surface area contributed by atoms with Crippen LogP contribution < -0.4 is 0 Å². The van der Waals surface area contributed by atoms with Gasteiger partial charge in [-0.3, -0.25) is 0 Å². The van der Waals surface area contributed by atoms with Gasteiger partial charge in [0.25, 0.3) is 0 Å². The van der Waals surface area contributed by atoms with Gasteiger partial charge in [0, 0.05) is 12.7 Å². The molecule has 1 aliphatic rings. The molecule has 0 aromatic carbocycles. The van der Waals surface area contributed by atoms with Crippen molar-refractivity contribution in [2.24, 2.45) is 11.3 Å². The van der Waals surface area contributed by atoms with Crippen LogP contribution in [0, 0.1) is 11.3 Å². The molecule has 0 aliphatic heterocycles. The predicted octanol–water partition coefficient (Wildman–Crippen LogP) is 4.78. The van der Waals surface area contributed by atoms with Crippen molar-refractivity contribution in [3.63, 3.8) is 0 Å². The second-order valence-corrected chi connectivity index (χ2v) is 7.17. The first kappa shape index (κ1) is 14.8. The minimum Gasteiger partial charge on any atom is -0.311 e. The minimum atomic E-state index is 0.403. The fourth-order valence-corrected chi connectivity index (χ4v) is 4.23. The van der Waals surface area contributed by atoms with Gasteiger partial charge in [-0.2, -0.15) is 0 Å². The fourth-order valence-electron chi connectivity index (χ4n) is 4.03. The molecular formula is C17H24ClN3. The molecule has 2 heterocycles. The van der Waals surface area contributed by atoms with Crippen LogP contribution in [-0.4, -0.2) is 14.5 Å². The van der Waals surface area contributed by atoms with E-state index in [4.69, 9.17) is 11.6 Å². The Morgan fingerprint density at radius 1 is 1.33 bits per heavy atom. The number of fused-ring (bicyclic) bond motifs is 1. The summed E-state index contributed by atoms with van der Waals surface area (Å²) in [4.78, 5) is 9.20. The molecule has 0 atom stereocenters. The summed E-state index contributed by atoms with van der Waals surface area (Å²) in [6, 6.07) is 3.97. The van der Waals surface area contributed by atoms with E-state index in [2.05, 4.69) is 28.4 Å². The molecule has 0 unspecified atom stereocenters. The zero-order chi connectivity index (χ0) is 14.9. The SMILES string of the molecule is CC(C)CC1(Cn2c(CCl)nc3cccnc32)CCCC1. The van der Waals surface area contributed by atoms with E-state index in [1.165, 1.54) is 32.1 Å². The molecule has 1 saturated carbocycles. The molecule has 114 valence electrons. The van der Waals surface area contributed by atoms with Crippen molar-refractivity contribution in [2.45, 2.75) is 58.4 Å². The van der Waals surface area contributed by atoms with E-state index in [-0.39, 0.29) is 0 Å². The van der Waals surface area contributed by atoms with Crippen LogP contribution in [0.5, 0.6) is 0 Å². The fraction of sp³-hybridized carbons (Fsp3) is 0.647. The van der Waals surface area contributed by atoms with Crippen LogP contribution in [-0.2, 0) is 12.4 Å². The van der Waals surface area contributed by atoms with Gasteiger partial charge < -0.3 is 4.57 Å². The maximum atomic E-state index is 6.13. The van der Waals surface area contributed by atoms with Crippen molar-refractivity contribution >= 4 is 22.8 Å². The van der Waals surface area contributed by atoms with Crippen LogP contribution in [0.1, 0.15) is 51.8 Å². The third kappa shape index (κ3) is 2.94. The summed E-state index contributed by atoms with van der Waals surface area (Å²) < 4.78 is 2.27. The van der Waals surface area contributed by atoms with Crippen LogP contribution >= 0.6 is 11.6 Å². The van der Waals surface area contributed by atoms with Crippen molar-refractivity contribution in [1.82, 2.24) is 14.5 Å². The van der Waals surface area contributed by atoms with E-state index in [0.717, 1.165) is 29.5 Å². The predicted molar refractivity (Wildman–Crippen MR) is 87.4 cm³/mol. The zero-order valence-corrected chi connectivity index (χ0v) is 13.7. The van der Waals surface area contributed by atoms with Gasteiger partial charge in [-0.25, -0.2) is 9.97 Å². The van der Waals surface area contributed by atoms with Gasteiger partial charge in [0.15, 0.2) is 5.65 Å². The van der Waals surface area contributed by atoms with Crippen molar-refractivity contribution in [1.29, 1.82) is 0 Å². The number of hydrogen-bond donors (Lipinski definition) is 0. The number of alkyl halides is 1. The number of hydrogen-bond acceptors (Lipinski definition) is 2. The van der Waals surface area contributed by atoms with Gasteiger partial charge in [0.05, 0.1) is 5.88 Å². The van der Waals surface area contributed by atoms with E-state index in [1.54, 1.807) is 0 Å². The normalized spacial score (nSPS) is 17.9. The van der Waals surface area contributed by atoms with E-state index in [9.17, 15) is 0 Å². The maximum Gasteiger partial charge on any atom is 0.160 e. The Hall–Kier alpha value is -1.09. The standard InChI is InChI=1S/C17H24ClN3/c1-13(2)10-17(7-3-4-8-17)12-21-15(11-18)20-14-6-5-9-19-16(14)21/h5-6,9,13H,3-4,7-8,10-12H2,1-2H3. The Morgan fingerprint density at radius 3 is 2.76 bits per heavy atom. The highest BCUT2D eigenvalue weighted by Crippen LogP contribution is 2.45. The topological polar surface area (TPSA) is 30.7 Å². The summed E-state index contributed by atoms with van der Waals surface area (Å²) >= 11 is 6.13. The highest BCUT2D eigenvalue weighted by Gasteiger charge is 2.35. The lowest BCUT2D eigenvalue weighted by molar-refractivity contribution is 0.197. The second kappa shape index (κ2) is 5.96. The molecular weight excluding hydrogens is 282 g/mol. The number of halogens is 1. The molecule has 21 heavy (non-hydrogen) atoms. The molecule has 3 rings (SSSR count). The van der Waals surface area contributed by atoms with Crippen LogP contribution in [0.4, 0.5) is 0 Å². The van der Waals surface area contributed by atoms with Crippen molar-refractivity contribution in [2.75, 3.05) is 0 Å². The van der Waals surface area contributed by atoms with Gasteiger partial charge in [-0.1, -0.05) is 26.7 Å². The smallest absolute Gasteiger partial charge is 0.160 e. The van der Waals surface area contributed by atoms with Crippen LogP contribution in [0.2, 0.25) is 0 Å². The number of imidazole rings is 1. The van der Waals surface area contributed by atoms with Crippen molar-refractivity contribution < 1.29 is 0 Å². The van der Waals surface area contributed by atoms with Gasteiger partial charge in [-0.05, 0) is 42.7 Å². The summed E-state index contributed by atoms with van der Waals surface area (Å²) in [6.45, 7) is 5.67. The molecule has 0 bridgehead atoms. The molecule has 2 aromatic heterocycles. The average Bonchev–Trinajstić information content (AvgIpc) is 3.04. The Morgan fingerprint density at radius 2 is 2.10 bits per heavy atom. The quantitative estimate of drug-likeness (QED) is 0.744. The molecule has 4 heteroatoms. The third-order valence-electron chi connectivity index (χ3n) is 4.70. The number of nitrogens with zero attached hydrogens (tertiary/aromatic N) is 3. The van der Waals surface area contributed by atoms with Crippen molar-refractivity contribution in [3.8, 4) is 0 Å². The molecule has 3 nitrogen and oxygen atoms in total. The Labute approximate surface area is 131 Å². The van der Waals surface area contributed by atoms with Crippen LogP contribution in [0.15, 0.2) is 18.3 Å². The lowest BCUT2D eigenvalue weighted by atomic mass is 9.78. The summed E-state index contributed by atoms with van der Waals surface area (Å²) in [5, 5.41) is 0. The lowest BCUT2D eigenvalue weighted by Crippen LogP contribution is -2.26. The first-order valence-electron chi connectivity index (χ1n) is 8.00. The zero-order valence-electron chi connectivity index (χ0n) is 13.0. The van der Waals surface area contributed by atoms with E-state index in [1.807, 2.05) is 18.3 Å².